The lowest BCUT2D eigenvalue weighted by Crippen LogP contribution is -2.45. The molecule has 1 N–H and O–H groups in total. The Morgan fingerprint density at radius 3 is 2.43 bits per heavy atom. The fourth-order valence-corrected chi connectivity index (χ4v) is 3.23. The maximum atomic E-state index is 11.8. The molecule has 1 atom stereocenters. The lowest BCUT2D eigenvalue weighted by Gasteiger charge is -2.22. The van der Waals surface area contributed by atoms with Gasteiger partial charge in [0, 0.05) is 11.0 Å². The molecule has 1 amide bonds. The summed E-state index contributed by atoms with van der Waals surface area (Å²) in [6.07, 6.45) is -0.684. The number of hydrogen-bond acceptors (Lipinski definition) is 7. The monoisotopic (exact) mass is 334 g/mol. The SMILES string of the molecule is CC(C)SSC[C@H](NC(=O)OC(C)(C)C)C(=O)OCC#N. The normalized spacial score (nSPS) is 12.4. The molecule has 8 heteroatoms. The summed E-state index contributed by atoms with van der Waals surface area (Å²) in [6.45, 7) is 8.92. The Morgan fingerprint density at radius 1 is 1.33 bits per heavy atom. The number of alkyl carbamates (subject to hydrolysis) is 1. The topological polar surface area (TPSA) is 88.4 Å². The Labute approximate surface area is 133 Å². The number of nitriles is 1. The second-order valence-corrected chi connectivity index (χ2v) is 8.38. The van der Waals surface area contributed by atoms with Gasteiger partial charge in [0.15, 0.2) is 6.61 Å². The van der Waals surface area contributed by atoms with Crippen LogP contribution in [0.4, 0.5) is 4.79 Å². The number of ether oxygens (including phenoxy) is 2. The number of hydrogen-bond donors (Lipinski definition) is 1. The highest BCUT2D eigenvalue weighted by atomic mass is 33.1. The van der Waals surface area contributed by atoms with Gasteiger partial charge in [0.1, 0.15) is 17.7 Å². The zero-order valence-electron chi connectivity index (χ0n) is 13.0. The summed E-state index contributed by atoms with van der Waals surface area (Å²) in [4.78, 5) is 23.5. The van der Waals surface area contributed by atoms with E-state index in [1.807, 2.05) is 13.8 Å². The summed E-state index contributed by atoms with van der Waals surface area (Å²) in [7, 11) is 3.05. The molecular formula is C13H22N2O4S2. The van der Waals surface area contributed by atoms with Gasteiger partial charge in [0.25, 0.3) is 0 Å². The Morgan fingerprint density at radius 2 is 1.95 bits per heavy atom. The van der Waals surface area contributed by atoms with Crippen molar-refractivity contribution in [3.05, 3.63) is 0 Å². The third-order valence-electron chi connectivity index (χ3n) is 1.75. The maximum absolute atomic E-state index is 11.8. The summed E-state index contributed by atoms with van der Waals surface area (Å²) >= 11 is 0. The minimum atomic E-state index is -0.843. The van der Waals surface area contributed by atoms with E-state index in [-0.39, 0.29) is 6.61 Å². The van der Waals surface area contributed by atoms with E-state index in [0.29, 0.717) is 11.0 Å². The summed E-state index contributed by atoms with van der Waals surface area (Å²) in [5, 5.41) is 11.3. The van der Waals surface area contributed by atoms with Crippen LogP contribution in [0.25, 0.3) is 0 Å². The van der Waals surface area contributed by atoms with E-state index in [4.69, 9.17) is 14.7 Å². The van der Waals surface area contributed by atoms with Gasteiger partial charge in [-0.25, -0.2) is 9.59 Å². The molecule has 0 radical (unpaired) electrons. The van der Waals surface area contributed by atoms with Crippen molar-refractivity contribution < 1.29 is 19.1 Å². The molecule has 6 nitrogen and oxygen atoms in total. The highest BCUT2D eigenvalue weighted by molar-refractivity contribution is 8.76. The lowest BCUT2D eigenvalue weighted by molar-refractivity contribution is -0.144. The molecule has 0 saturated carbocycles. The summed E-state index contributed by atoms with van der Waals surface area (Å²) < 4.78 is 9.86. The van der Waals surface area contributed by atoms with Gasteiger partial charge < -0.3 is 14.8 Å². The number of carbonyl (C=O) groups is 2. The van der Waals surface area contributed by atoms with Crippen molar-refractivity contribution in [1.29, 1.82) is 5.26 Å². The number of esters is 1. The number of amides is 1. The van der Waals surface area contributed by atoms with E-state index in [0.717, 1.165) is 0 Å². The molecule has 0 aliphatic carbocycles. The first-order valence-corrected chi connectivity index (χ1v) is 8.85. The smallest absolute Gasteiger partial charge is 0.408 e. The fourth-order valence-electron chi connectivity index (χ4n) is 1.07. The quantitative estimate of drug-likeness (QED) is 0.565. The number of rotatable bonds is 7. The van der Waals surface area contributed by atoms with E-state index < -0.39 is 23.7 Å². The molecule has 0 rings (SSSR count). The second kappa shape index (κ2) is 9.79. The third kappa shape index (κ3) is 11.3. The molecule has 0 spiro atoms. The van der Waals surface area contributed by atoms with E-state index in [2.05, 4.69) is 5.32 Å². The van der Waals surface area contributed by atoms with Gasteiger partial charge in [0.2, 0.25) is 0 Å². The first kappa shape index (κ1) is 19.9. The Hall–Kier alpha value is -1.07. The lowest BCUT2D eigenvalue weighted by atomic mass is 10.2. The average Bonchev–Trinajstić information content (AvgIpc) is 2.32. The van der Waals surface area contributed by atoms with Crippen LogP contribution in [0.3, 0.4) is 0 Å². The predicted octanol–water partition coefficient (Wildman–Crippen LogP) is 2.74. The molecule has 0 unspecified atom stereocenters. The molecule has 21 heavy (non-hydrogen) atoms. The van der Waals surface area contributed by atoms with Gasteiger partial charge in [0.05, 0.1) is 0 Å². The van der Waals surface area contributed by atoms with Gasteiger partial charge in [-0.05, 0) is 20.8 Å². The van der Waals surface area contributed by atoms with Crippen molar-refractivity contribution in [3.63, 3.8) is 0 Å². The summed E-state index contributed by atoms with van der Waals surface area (Å²) in [5.74, 6) is -0.300. The first-order chi connectivity index (χ1) is 9.65. The maximum Gasteiger partial charge on any atom is 0.408 e. The molecule has 0 saturated heterocycles. The highest BCUT2D eigenvalue weighted by Crippen LogP contribution is 2.27. The van der Waals surface area contributed by atoms with Crippen molar-refractivity contribution in [1.82, 2.24) is 5.32 Å². The van der Waals surface area contributed by atoms with Crippen LogP contribution in [-0.2, 0) is 14.3 Å². The second-order valence-electron chi connectivity index (χ2n) is 5.39. The molecule has 120 valence electrons. The fraction of sp³-hybridized carbons (Fsp3) is 0.769. The summed E-state index contributed by atoms with van der Waals surface area (Å²) in [5.41, 5.74) is -0.648. The van der Waals surface area contributed by atoms with Gasteiger partial charge in [-0.2, -0.15) is 5.26 Å². The van der Waals surface area contributed by atoms with E-state index in [1.54, 1.807) is 37.6 Å². The first-order valence-electron chi connectivity index (χ1n) is 6.47. The minimum Gasteiger partial charge on any atom is -0.449 e. The van der Waals surface area contributed by atoms with Crippen LogP contribution in [0, 0.1) is 11.3 Å². The van der Waals surface area contributed by atoms with Gasteiger partial charge in [-0.3, -0.25) is 0 Å². The van der Waals surface area contributed by atoms with E-state index >= 15 is 0 Å². The zero-order valence-corrected chi connectivity index (χ0v) is 14.6. The molecule has 0 aliphatic rings. The van der Waals surface area contributed by atoms with E-state index in [1.165, 1.54) is 10.8 Å². The standard InChI is InChI=1S/C13H22N2O4S2/c1-9(2)21-20-8-10(11(16)18-7-6-14)15-12(17)19-13(3,4)5/h9-10H,7-8H2,1-5H3,(H,15,17)/t10-/m0/s1. The van der Waals surface area contributed by atoms with Gasteiger partial charge in [-0.1, -0.05) is 35.4 Å². The Kier molecular flexibility index (Phi) is 9.29. The van der Waals surface area contributed by atoms with Gasteiger partial charge in [-0.15, -0.1) is 0 Å². The molecule has 0 heterocycles. The zero-order chi connectivity index (χ0) is 16.5. The van der Waals surface area contributed by atoms with Crippen LogP contribution in [-0.4, -0.2) is 41.3 Å². The molecule has 0 bridgehead atoms. The van der Waals surface area contributed by atoms with Crippen LogP contribution < -0.4 is 5.32 Å². The van der Waals surface area contributed by atoms with Crippen molar-refractivity contribution >= 4 is 33.7 Å². The predicted molar refractivity (Wildman–Crippen MR) is 84.9 cm³/mol. The molecule has 0 aromatic heterocycles. The Bertz CT molecular complexity index is 389. The largest absolute Gasteiger partial charge is 0.449 e. The minimum absolute atomic E-state index is 0.340. The number of nitrogens with zero attached hydrogens (tertiary/aromatic N) is 1. The molecule has 0 aliphatic heterocycles. The van der Waals surface area contributed by atoms with Crippen molar-refractivity contribution in [2.75, 3.05) is 12.4 Å². The number of nitrogens with one attached hydrogen (secondary N) is 1. The third-order valence-corrected chi connectivity index (χ3v) is 4.71. The Balaban J connectivity index is 4.53. The molecule has 0 aromatic carbocycles. The van der Waals surface area contributed by atoms with E-state index in [9.17, 15) is 9.59 Å². The molecular weight excluding hydrogens is 312 g/mol. The van der Waals surface area contributed by atoms with Crippen LogP contribution >= 0.6 is 21.6 Å². The van der Waals surface area contributed by atoms with Crippen molar-refractivity contribution in [3.8, 4) is 6.07 Å². The molecule has 0 fully saturated rings. The molecule has 0 aromatic rings. The van der Waals surface area contributed by atoms with Crippen molar-refractivity contribution in [2.45, 2.75) is 51.5 Å². The van der Waals surface area contributed by atoms with Crippen LogP contribution in [0.2, 0.25) is 0 Å². The van der Waals surface area contributed by atoms with Crippen LogP contribution in [0.1, 0.15) is 34.6 Å². The van der Waals surface area contributed by atoms with Crippen molar-refractivity contribution in [2.24, 2.45) is 0 Å². The van der Waals surface area contributed by atoms with Crippen LogP contribution in [0.15, 0.2) is 0 Å². The highest BCUT2D eigenvalue weighted by Gasteiger charge is 2.25. The number of carbonyl (C=O) groups excluding carboxylic acids is 2. The van der Waals surface area contributed by atoms with Crippen LogP contribution in [0.5, 0.6) is 0 Å². The average molecular weight is 334 g/mol. The van der Waals surface area contributed by atoms with Gasteiger partial charge >= 0.3 is 12.1 Å². The summed E-state index contributed by atoms with van der Waals surface area (Å²) in [6, 6.07) is 0.877.